The van der Waals surface area contributed by atoms with Crippen LogP contribution in [-0.4, -0.2) is 31.3 Å². The molecule has 5 heteroatoms. The van der Waals surface area contributed by atoms with Crippen LogP contribution in [0.3, 0.4) is 0 Å². The minimum absolute atomic E-state index is 0.601. The van der Waals surface area contributed by atoms with Crippen molar-refractivity contribution in [2.45, 2.75) is 20.4 Å². The lowest BCUT2D eigenvalue weighted by Crippen LogP contribution is -2.16. The van der Waals surface area contributed by atoms with Crippen LogP contribution in [0.25, 0.3) is 10.9 Å². The van der Waals surface area contributed by atoms with E-state index in [9.17, 15) is 0 Å². The molecule has 1 aliphatic rings. The van der Waals surface area contributed by atoms with Gasteiger partial charge in [0.1, 0.15) is 23.6 Å². The maximum absolute atomic E-state index is 5.72. The molecule has 0 spiro atoms. The van der Waals surface area contributed by atoms with Crippen molar-refractivity contribution in [3.63, 3.8) is 0 Å². The van der Waals surface area contributed by atoms with E-state index >= 15 is 0 Å². The maximum Gasteiger partial charge on any atom is 0.218 e. The molecule has 21 heavy (non-hydrogen) atoms. The average molecular weight is 288 g/mol. The molecule has 0 atom stereocenters. The van der Waals surface area contributed by atoms with Crippen LogP contribution >= 0.6 is 0 Å². The Kier molecular flexibility index (Phi) is 4.10. The average Bonchev–Trinajstić information content (AvgIpc) is 2.73. The summed E-state index contributed by atoms with van der Waals surface area (Å²) in [5.41, 5.74) is 1.85. The first kappa shape index (κ1) is 13.9. The lowest BCUT2D eigenvalue weighted by Gasteiger charge is -2.14. The molecule has 0 unspecified atom stereocenters. The number of nitrogens with one attached hydrogen (secondary N) is 1. The van der Waals surface area contributed by atoms with Gasteiger partial charge in [-0.1, -0.05) is 0 Å². The van der Waals surface area contributed by atoms with E-state index in [4.69, 9.17) is 14.2 Å². The van der Waals surface area contributed by atoms with Crippen molar-refractivity contribution in [1.29, 1.82) is 0 Å². The highest BCUT2D eigenvalue weighted by molar-refractivity contribution is 5.91. The third-order valence-corrected chi connectivity index (χ3v) is 3.38. The van der Waals surface area contributed by atoms with Gasteiger partial charge in [-0.2, -0.15) is 0 Å². The van der Waals surface area contributed by atoms with Gasteiger partial charge in [-0.05, 0) is 32.0 Å². The number of benzene rings is 1. The monoisotopic (exact) mass is 288 g/mol. The molecule has 1 aliphatic heterocycles. The van der Waals surface area contributed by atoms with Crippen molar-refractivity contribution in [3.8, 4) is 17.4 Å². The van der Waals surface area contributed by atoms with E-state index in [1.165, 1.54) is 0 Å². The van der Waals surface area contributed by atoms with Crippen LogP contribution < -0.4 is 19.5 Å². The third-order valence-electron chi connectivity index (χ3n) is 3.38. The smallest absolute Gasteiger partial charge is 0.218 e. The number of hydrogen-bond donors (Lipinski definition) is 1. The zero-order valence-corrected chi connectivity index (χ0v) is 12.4. The van der Waals surface area contributed by atoms with Gasteiger partial charge < -0.3 is 19.5 Å². The minimum atomic E-state index is 0.601. The zero-order chi connectivity index (χ0) is 14.7. The van der Waals surface area contributed by atoms with Crippen LogP contribution in [0.2, 0.25) is 0 Å². The summed E-state index contributed by atoms with van der Waals surface area (Å²) in [7, 11) is 0. The van der Waals surface area contributed by atoms with Gasteiger partial charge in [0, 0.05) is 24.0 Å². The SMILES string of the molecule is CCOc1ccc(OCC)c2nc3c(cc12)CNCCO3. The highest BCUT2D eigenvalue weighted by atomic mass is 16.5. The van der Waals surface area contributed by atoms with Crippen LogP contribution in [0, 0.1) is 0 Å². The number of aromatic nitrogens is 1. The van der Waals surface area contributed by atoms with E-state index in [0.29, 0.717) is 25.7 Å². The Hall–Kier alpha value is -2.01. The Labute approximate surface area is 124 Å². The predicted molar refractivity (Wildman–Crippen MR) is 81.3 cm³/mol. The summed E-state index contributed by atoms with van der Waals surface area (Å²) in [6, 6.07) is 5.94. The number of fused-ring (bicyclic) bond motifs is 2. The van der Waals surface area contributed by atoms with Gasteiger partial charge in [0.25, 0.3) is 0 Å². The normalized spacial score (nSPS) is 14.2. The Morgan fingerprint density at radius 1 is 1.19 bits per heavy atom. The first-order valence-electron chi connectivity index (χ1n) is 7.39. The minimum Gasteiger partial charge on any atom is -0.493 e. The van der Waals surface area contributed by atoms with Crippen LogP contribution in [0.5, 0.6) is 17.4 Å². The van der Waals surface area contributed by atoms with Gasteiger partial charge in [-0.3, -0.25) is 0 Å². The summed E-state index contributed by atoms with van der Waals surface area (Å²) in [5.74, 6) is 2.28. The first-order chi connectivity index (χ1) is 10.3. The lowest BCUT2D eigenvalue weighted by atomic mass is 10.1. The van der Waals surface area contributed by atoms with Gasteiger partial charge in [0.2, 0.25) is 5.88 Å². The molecule has 1 N–H and O–H groups in total. The van der Waals surface area contributed by atoms with Crippen molar-refractivity contribution in [2.75, 3.05) is 26.4 Å². The maximum atomic E-state index is 5.72. The van der Waals surface area contributed by atoms with Crippen molar-refractivity contribution >= 4 is 10.9 Å². The zero-order valence-electron chi connectivity index (χ0n) is 12.4. The highest BCUT2D eigenvalue weighted by Gasteiger charge is 2.16. The number of rotatable bonds is 4. The van der Waals surface area contributed by atoms with Crippen LogP contribution in [0.4, 0.5) is 0 Å². The van der Waals surface area contributed by atoms with Gasteiger partial charge in [0.15, 0.2) is 0 Å². The Morgan fingerprint density at radius 2 is 1.95 bits per heavy atom. The van der Waals surface area contributed by atoms with Gasteiger partial charge >= 0.3 is 0 Å². The number of pyridine rings is 1. The number of nitrogens with zero attached hydrogens (tertiary/aromatic N) is 1. The summed E-state index contributed by atoms with van der Waals surface area (Å²) in [5, 5.41) is 4.29. The Bertz CT molecular complexity index is 588. The molecular weight excluding hydrogens is 268 g/mol. The van der Waals surface area contributed by atoms with E-state index in [0.717, 1.165) is 41.1 Å². The molecule has 1 aromatic heterocycles. The molecule has 0 amide bonds. The largest absolute Gasteiger partial charge is 0.493 e. The van der Waals surface area contributed by atoms with Gasteiger partial charge in [0.05, 0.1) is 13.2 Å². The summed E-state index contributed by atoms with van der Waals surface area (Å²) in [6.07, 6.45) is 0. The summed E-state index contributed by atoms with van der Waals surface area (Å²) in [4.78, 5) is 4.67. The fraction of sp³-hybridized carbons (Fsp3) is 0.438. The van der Waals surface area contributed by atoms with Crippen molar-refractivity contribution < 1.29 is 14.2 Å². The van der Waals surface area contributed by atoms with E-state index in [2.05, 4.69) is 16.4 Å². The van der Waals surface area contributed by atoms with Gasteiger partial charge in [-0.15, -0.1) is 0 Å². The highest BCUT2D eigenvalue weighted by Crippen LogP contribution is 2.35. The third kappa shape index (κ3) is 2.74. The Morgan fingerprint density at radius 3 is 2.76 bits per heavy atom. The van der Waals surface area contributed by atoms with Crippen molar-refractivity contribution in [2.24, 2.45) is 0 Å². The second-order valence-electron chi connectivity index (χ2n) is 4.80. The fourth-order valence-corrected chi connectivity index (χ4v) is 2.48. The molecule has 0 saturated carbocycles. The molecular formula is C16H20N2O3. The number of ether oxygens (including phenoxy) is 3. The number of hydrogen-bond acceptors (Lipinski definition) is 5. The molecule has 3 rings (SSSR count). The second kappa shape index (κ2) is 6.18. The second-order valence-corrected chi connectivity index (χ2v) is 4.80. The summed E-state index contributed by atoms with van der Waals surface area (Å²) in [6.45, 7) is 7.36. The summed E-state index contributed by atoms with van der Waals surface area (Å²) >= 11 is 0. The molecule has 0 saturated heterocycles. The van der Waals surface area contributed by atoms with Crippen LogP contribution in [-0.2, 0) is 6.54 Å². The standard InChI is InChI=1S/C16H20N2O3/c1-3-19-13-5-6-14(20-4-2)15-12(13)9-11-10-17-7-8-21-16(11)18-15/h5-6,9,17H,3-4,7-8,10H2,1-2H3. The molecule has 2 aromatic rings. The van der Waals surface area contributed by atoms with E-state index in [1.54, 1.807) is 0 Å². The molecule has 2 heterocycles. The molecule has 112 valence electrons. The van der Waals surface area contributed by atoms with E-state index in [1.807, 2.05) is 26.0 Å². The van der Waals surface area contributed by atoms with E-state index < -0.39 is 0 Å². The summed E-state index contributed by atoms with van der Waals surface area (Å²) < 4.78 is 17.1. The van der Waals surface area contributed by atoms with Crippen LogP contribution in [0.1, 0.15) is 19.4 Å². The molecule has 0 radical (unpaired) electrons. The topological polar surface area (TPSA) is 52.6 Å². The molecule has 1 aromatic carbocycles. The molecule has 0 aliphatic carbocycles. The fourth-order valence-electron chi connectivity index (χ4n) is 2.48. The van der Waals surface area contributed by atoms with Gasteiger partial charge in [-0.25, -0.2) is 4.98 Å². The first-order valence-corrected chi connectivity index (χ1v) is 7.39. The van der Waals surface area contributed by atoms with E-state index in [-0.39, 0.29) is 0 Å². The lowest BCUT2D eigenvalue weighted by molar-refractivity contribution is 0.313. The Balaban J connectivity index is 2.19. The molecule has 0 bridgehead atoms. The molecule has 5 nitrogen and oxygen atoms in total. The van der Waals surface area contributed by atoms with Crippen LogP contribution in [0.15, 0.2) is 18.2 Å². The van der Waals surface area contributed by atoms with Crippen molar-refractivity contribution in [3.05, 3.63) is 23.8 Å². The predicted octanol–water partition coefficient (Wildman–Crippen LogP) is 2.51. The quantitative estimate of drug-likeness (QED) is 0.937. The molecule has 0 fully saturated rings. The van der Waals surface area contributed by atoms with Crippen molar-refractivity contribution in [1.82, 2.24) is 10.3 Å².